The van der Waals surface area contributed by atoms with Gasteiger partial charge in [-0.1, -0.05) is 0 Å². The van der Waals surface area contributed by atoms with Crippen LogP contribution >= 0.6 is 22.6 Å². The number of hydrogen-bond donors (Lipinski definition) is 2. The lowest BCUT2D eigenvalue weighted by Crippen LogP contribution is -2.51. The Morgan fingerprint density at radius 3 is 2.64 bits per heavy atom. The molecule has 0 aliphatic carbocycles. The normalized spacial score (nSPS) is 16.0. The Labute approximate surface area is 202 Å². The number of hydrogen-bond acceptors (Lipinski definition) is 6. The average molecular weight is 565 g/mol. The molecule has 1 unspecified atom stereocenters. The molecule has 0 spiro atoms. The van der Waals surface area contributed by atoms with Crippen molar-refractivity contribution in [2.45, 2.75) is 19.1 Å². The molecule has 10 nitrogen and oxygen atoms in total. The van der Waals surface area contributed by atoms with Gasteiger partial charge >= 0.3 is 11.3 Å². The monoisotopic (exact) mass is 565 g/mol. The van der Waals surface area contributed by atoms with Gasteiger partial charge in [0.1, 0.15) is 18.4 Å². The molecular weight excluding hydrogens is 543 g/mol. The third-order valence-corrected chi connectivity index (χ3v) is 5.89. The number of anilines is 1. The van der Waals surface area contributed by atoms with Crippen LogP contribution in [0.2, 0.25) is 0 Å². The van der Waals surface area contributed by atoms with E-state index in [1.165, 1.54) is 9.58 Å². The third-order valence-electron chi connectivity index (χ3n) is 5.17. The summed E-state index contributed by atoms with van der Waals surface area (Å²) in [4.78, 5) is 39.2. The van der Waals surface area contributed by atoms with Crippen molar-refractivity contribution in [3.63, 3.8) is 0 Å². The fraction of sp³-hybridized carbons (Fsp3) is 0.273. The number of benzene rings is 2. The van der Waals surface area contributed by atoms with E-state index >= 15 is 0 Å². The minimum Gasteiger partial charge on any atom is -0.497 e. The first kappa shape index (κ1) is 23.0. The molecule has 1 saturated heterocycles. The minimum absolute atomic E-state index is 0.00922. The second-order valence-electron chi connectivity index (χ2n) is 7.34. The van der Waals surface area contributed by atoms with Crippen LogP contribution in [0.25, 0.3) is 5.69 Å². The highest BCUT2D eigenvalue weighted by molar-refractivity contribution is 14.1. The molecule has 2 aromatic carbocycles. The lowest BCUT2D eigenvalue weighted by Gasteiger charge is -2.30. The molecule has 1 aliphatic rings. The first-order valence-corrected chi connectivity index (χ1v) is 11.2. The summed E-state index contributed by atoms with van der Waals surface area (Å²) in [5.74, 6) is -0.0202. The molecule has 2 N–H and O–H groups in total. The van der Waals surface area contributed by atoms with Crippen molar-refractivity contribution in [1.29, 1.82) is 0 Å². The number of morpholine rings is 1. The van der Waals surface area contributed by atoms with Gasteiger partial charge in [0.2, 0.25) is 11.6 Å². The molecule has 2 heterocycles. The second kappa shape index (κ2) is 10.2. The zero-order chi connectivity index (χ0) is 23.4. The van der Waals surface area contributed by atoms with Gasteiger partial charge in [-0.15, -0.1) is 0 Å². The molecule has 1 atom stereocenters. The molecule has 0 bridgehead atoms. The first-order chi connectivity index (χ1) is 15.9. The van der Waals surface area contributed by atoms with E-state index in [4.69, 9.17) is 14.0 Å². The Morgan fingerprint density at radius 1 is 1.21 bits per heavy atom. The van der Waals surface area contributed by atoms with Crippen molar-refractivity contribution >= 4 is 40.1 Å². The Morgan fingerprint density at radius 2 is 1.94 bits per heavy atom. The number of carbonyl (C=O) groups is 2. The van der Waals surface area contributed by atoms with Gasteiger partial charge in [0, 0.05) is 27.9 Å². The topological polar surface area (TPSA) is 118 Å². The van der Waals surface area contributed by atoms with Crippen LogP contribution < -0.4 is 20.4 Å². The van der Waals surface area contributed by atoms with Crippen LogP contribution in [0.4, 0.5) is 5.69 Å². The summed E-state index contributed by atoms with van der Waals surface area (Å²) in [6.45, 7) is 0.558. The summed E-state index contributed by atoms with van der Waals surface area (Å²) < 4.78 is 18.2. The van der Waals surface area contributed by atoms with Gasteiger partial charge in [-0.05, 0) is 68.9 Å². The molecule has 3 aromatic rings. The van der Waals surface area contributed by atoms with Gasteiger partial charge in [-0.3, -0.25) is 14.1 Å². The first-order valence-electron chi connectivity index (χ1n) is 10.2. The Bertz CT molecular complexity index is 1190. The number of halogens is 1. The summed E-state index contributed by atoms with van der Waals surface area (Å²) in [6.07, 6.45) is -1.05. The van der Waals surface area contributed by atoms with Crippen LogP contribution in [-0.2, 0) is 20.9 Å². The van der Waals surface area contributed by atoms with Gasteiger partial charge in [-0.25, -0.2) is 4.79 Å². The SMILES string of the molecule is COc1ccc(-[n+]2[nH]oc(=O)c2CN2CCOC(CC(=O)Nc3ccc(I)cc3)C2=O)cc1. The number of amides is 2. The zero-order valence-corrected chi connectivity index (χ0v) is 19.9. The smallest absolute Gasteiger partial charge is 0.432 e. The van der Waals surface area contributed by atoms with Crippen molar-refractivity contribution in [1.82, 2.24) is 10.2 Å². The molecule has 0 radical (unpaired) electrons. The van der Waals surface area contributed by atoms with E-state index < -0.39 is 11.7 Å². The van der Waals surface area contributed by atoms with Gasteiger partial charge < -0.3 is 19.7 Å². The quantitative estimate of drug-likeness (QED) is 0.332. The van der Waals surface area contributed by atoms with E-state index in [-0.39, 0.29) is 37.1 Å². The Hall–Kier alpha value is -3.19. The maximum Gasteiger partial charge on any atom is 0.432 e. The second-order valence-corrected chi connectivity index (χ2v) is 8.58. The fourth-order valence-electron chi connectivity index (χ4n) is 3.46. The summed E-state index contributed by atoms with van der Waals surface area (Å²) in [5, 5.41) is 5.33. The van der Waals surface area contributed by atoms with Crippen LogP contribution in [0.5, 0.6) is 5.75 Å². The molecule has 2 amide bonds. The van der Waals surface area contributed by atoms with E-state index in [9.17, 15) is 14.4 Å². The van der Waals surface area contributed by atoms with Gasteiger partial charge in [0.25, 0.3) is 5.91 Å². The number of ether oxygens (including phenoxy) is 2. The molecule has 33 heavy (non-hydrogen) atoms. The summed E-state index contributed by atoms with van der Waals surface area (Å²) in [5.41, 5.74) is 0.951. The number of aromatic amines is 1. The van der Waals surface area contributed by atoms with Crippen molar-refractivity contribution in [3.05, 3.63) is 68.2 Å². The van der Waals surface area contributed by atoms with E-state index in [0.717, 1.165) is 3.57 Å². The van der Waals surface area contributed by atoms with E-state index in [1.807, 2.05) is 12.1 Å². The number of aromatic nitrogens is 2. The largest absolute Gasteiger partial charge is 0.497 e. The zero-order valence-electron chi connectivity index (χ0n) is 17.7. The van der Waals surface area contributed by atoms with Gasteiger partial charge in [0.15, 0.2) is 0 Å². The summed E-state index contributed by atoms with van der Waals surface area (Å²) in [6, 6.07) is 14.3. The molecule has 1 aromatic heterocycles. The van der Waals surface area contributed by atoms with Crippen LogP contribution in [-0.4, -0.2) is 48.4 Å². The molecule has 172 valence electrons. The summed E-state index contributed by atoms with van der Waals surface area (Å²) in [7, 11) is 1.56. The van der Waals surface area contributed by atoms with Crippen molar-refractivity contribution in [3.8, 4) is 11.4 Å². The molecule has 1 aliphatic heterocycles. The maximum absolute atomic E-state index is 13.0. The maximum atomic E-state index is 13.0. The summed E-state index contributed by atoms with van der Waals surface area (Å²) >= 11 is 2.18. The standard InChI is InChI=1S/C22H21IN4O6/c1-31-17-8-6-16(7-9-17)27-18(22(30)33-25-27)13-26-10-11-32-19(21(26)29)12-20(28)24-15-4-2-14(23)3-5-15/h2-9,19H,10-13H2,1H3,(H-,24,25,28,30)/p+1. The average Bonchev–Trinajstić information content (AvgIpc) is 3.18. The van der Waals surface area contributed by atoms with Crippen molar-refractivity contribution in [2.75, 3.05) is 25.6 Å². The fourth-order valence-corrected chi connectivity index (χ4v) is 3.81. The highest BCUT2D eigenvalue weighted by Crippen LogP contribution is 2.16. The Balaban J connectivity index is 1.44. The predicted molar refractivity (Wildman–Crippen MR) is 125 cm³/mol. The number of methoxy groups -OCH3 is 1. The molecular formula is C22H22IN4O6+. The number of H-pyrrole nitrogens is 1. The van der Waals surface area contributed by atoms with E-state index in [0.29, 0.717) is 23.7 Å². The number of nitrogens with one attached hydrogen (secondary N) is 2. The van der Waals surface area contributed by atoms with Crippen LogP contribution in [0, 0.1) is 3.57 Å². The highest BCUT2D eigenvalue weighted by Gasteiger charge is 2.35. The predicted octanol–water partition coefficient (Wildman–Crippen LogP) is 1.61. The molecule has 4 rings (SSSR count). The molecule has 1 fully saturated rings. The van der Waals surface area contributed by atoms with Crippen molar-refractivity contribution in [2.24, 2.45) is 0 Å². The lowest BCUT2D eigenvalue weighted by molar-refractivity contribution is -0.678. The minimum atomic E-state index is -0.928. The lowest BCUT2D eigenvalue weighted by atomic mass is 10.1. The van der Waals surface area contributed by atoms with Gasteiger partial charge in [0.05, 0.1) is 20.1 Å². The number of rotatable bonds is 7. The highest BCUT2D eigenvalue weighted by atomic mass is 127. The van der Waals surface area contributed by atoms with E-state index in [2.05, 4.69) is 33.2 Å². The molecule has 0 saturated carbocycles. The number of nitrogens with zero attached hydrogens (tertiary/aromatic N) is 2. The third kappa shape index (κ3) is 5.42. The molecule has 11 heteroatoms. The Kier molecular flexibility index (Phi) is 7.08. The van der Waals surface area contributed by atoms with Crippen LogP contribution in [0.1, 0.15) is 12.1 Å². The van der Waals surface area contributed by atoms with Crippen LogP contribution in [0.3, 0.4) is 0 Å². The van der Waals surface area contributed by atoms with E-state index in [1.54, 1.807) is 43.5 Å². The van der Waals surface area contributed by atoms with Crippen LogP contribution in [0.15, 0.2) is 57.8 Å². The van der Waals surface area contributed by atoms with Crippen molar-refractivity contribution < 1.29 is 28.3 Å². The number of carbonyl (C=O) groups excluding carboxylic acids is 2. The van der Waals surface area contributed by atoms with Gasteiger partial charge in [-0.2, -0.15) is 0 Å².